The summed E-state index contributed by atoms with van der Waals surface area (Å²) in [5.41, 5.74) is 0.695. The van der Waals surface area contributed by atoms with Crippen LogP contribution in [0.3, 0.4) is 0 Å². The van der Waals surface area contributed by atoms with E-state index in [9.17, 15) is 9.59 Å². The second kappa shape index (κ2) is 4.77. The first-order valence-corrected chi connectivity index (χ1v) is 7.18. The number of fused-ring (bicyclic) bond motifs is 1. The molecule has 4 nitrogen and oxygen atoms in total. The number of anilines is 1. The number of ketones is 1. The highest BCUT2D eigenvalue weighted by Crippen LogP contribution is 2.43. The third-order valence-corrected chi connectivity index (χ3v) is 4.51. The van der Waals surface area contributed by atoms with Crippen LogP contribution in [-0.4, -0.2) is 18.3 Å². The molecule has 0 saturated heterocycles. The molecule has 0 atom stereocenters. The van der Waals surface area contributed by atoms with Crippen LogP contribution in [0, 0.1) is 5.41 Å². The standard InChI is InChI=1S/C15H16ClNO3/c1-15(4-2-3-5-15)14(19)9-6-12-11(7-10(9)16)17-13(18)8-20-12/h6-7H,2-5,8H2,1H3,(H,17,18). The van der Waals surface area contributed by atoms with Gasteiger partial charge >= 0.3 is 0 Å². The Morgan fingerprint density at radius 2 is 2.05 bits per heavy atom. The average molecular weight is 294 g/mol. The van der Waals surface area contributed by atoms with Gasteiger partial charge in [0.25, 0.3) is 5.91 Å². The molecule has 1 aliphatic carbocycles. The van der Waals surface area contributed by atoms with E-state index in [1.165, 1.54) is 0 Å². The molecule has 0 bridgehead atoms. The molecular weight excluding hydrogens is 278 g/mol. The molecule has 0 radical (unpaired) electrons. The largest absolute Gasteiger partial charge is 0.482 e. The minimum absolute atomic E-state index is 0.0282. The highest BCUT2D eigenvalue weighted by Gasteiger charge is 2.38. The molecule has 106 valence electrons. The maximum absolute atomic E-state index is 12.7. The number of halogens is 1. The van der Waals surface area contributed by atoms with Crippen molar-refractivity contribution in [2.24, 2.45) is 5.41 Å². The number of amides is 1. The van der Waals surface area contributed by atoms with Gasteiger partial charge in [-0.05, 0) is 25.0 Å². The zero-order valence-corrected chi connectivity index (χ0v) is 12.0. The predicted molar refractivity (Wildman–Crippen MR) is 76.5 cm³/mol. The van der Waals surface area contributed by atoms with Crippen molar-refractivity contribution in [1.29, 1.82) is 0 Å². The minimum atomic E-state index is -0.324. The van der Waals surface area contributed by atoms with E-state index in [-0.39, 0.29) is 23.7 Å². The molecule has 20 heavy (non-hydrogen) atoms. The molecular formula is C15H16ClNO3. The first-order valence-electron chi connectivity index (χ1n) is 6.81. The molecule has 2 aliphatic rings. The van der Waals surface area contributed by atoms with E-state index in [1.54, 1.807) is 12.1 Å². The van der Waals surface area contributed by atoms with Crippen molar-refractivity contribution in [2.45, 2.75) is 32.6 Å². The lowest BCUT2D eigenvalue weighted by Crippen LogP contribution is -2.27. The van der Waals surface area contributed by atoms with Gasteiger partial charge in [0.15, 0.2) is 12.4 Å². The van der Waals surface area contributed by atoms with Crippen LogP contribution in [0.15, 0.2) is 12.1 Å². The Morgan fingerprint density at radius 3 is 2.75 bits per heavy atom. The molecule has 0 spiro atoms. The van der Waals surface area contributed by atoms with E-state index in [0.29, 0.717) is 22.0 Å². The zero-order chi connectivity index (χ0) is 14.3. The van der Waals surface area contributed by atoms with Crippen LogP contribution >= 0.6 is 11.6 Å². The number of Topliss-reactive ketones (excluding diaryl/α,β-unsaturated/α-hetero) is 1. The van der Waals surface area contributed by atoms with Crippen molar-refractivity contribution in [3.05, 3.63) is 22.7 Å². The summed E-state index contributed by atoms with van der Waals surface area (Å²) in [4.78, 5) is 24.0. The number of carbonyl (C=O) groups excluding carboxylic acids is 2. The number of hydrogen-bond acceptors (Lipinski definition) is 3. The summed E-state index contributed by atoms with van der Waals surface area (Å²) >= 11 is 6.22. The monoisotopic (exact) mass is 293 g/mol. The van der Waals surface area contributed by atoms with Gasteiger partial charge in [0.1, 0.15) is 5.75 Å². The van der Waals surface area contributed by atoms with Crippen LogP contribution in [-0.2, 0) is 4.79 Å². The number of ether oxygens (including phenoxy) is 1. The Balaban J connectivity index is 1.98. The van der Waals surface area contributed by atoms with Crippen molar-refractivity contribution >= 4 is 29.0 Å². The average Bonchev–Trinajstić information content (AvgIpc) is 2.85. The molecule has 1 heterocycles. The number of benzene rings is 1. The van der Waals surface area contributed by atoms with E-state index >= 15 is 0 Å². The smallest absolute Gasteiger partial charge is 0.262 e. The number of carbonyl (C=O) groups is 2. The molecule has 0 unspecified atom stereocenters. The topological polar surface area (TPSA) is 55.4 Å². The van der Waals surface area contributed by atoms with Crippen LogP contribution < -0.4 is 10.1 Å². The van der Waals surface area contributed by atoms with E-state index in [0.717, 1.165) is 25.7 Å². The molecule has 1 aliphatic heterocycles. The van der Waals surface area contributed by atoms with Gasteiger partial charge in [-0.3, -0.25) is 9.59 Å². The lowest BCUT2D eigenvalue weighted by molar-refractivity contribution is -0.118. The van der Waals surface area contributed by atoms with Gasteiger partial charge in [-0.25, -0.2) is 0 Å². The van der Waals surface area contributed by atoms with Gasteiger partial charge in [-0.2, -0.15) is 0 Å². The Hall–Kier alpha value is -1.55. The van der Waals surface area contributed by atoms with Crippen LogP contribution in [0.1, 0.15) is 43.0 Å². The van der Waals surface area contributed by atoms with Crippen LogP contribution in [0.4, 0.5) is 5.69 Å². The van der Waals surface area contributed by atoms with Gasteiger partial charge in [-0.15, -0.1) is 0 Å². The first kappa shape index (κ1) is 13.4. The molecule has 1 amide bonds. The summed E-state index contributed by atoms with van der Waals surface area (Å²) in [6.45, 7) is 1.97. The second-order valence-corrected chi connectivity index (χ2v) is 6.17. The summed E-state index contributed by atoms with van der Waals surface area (Å²) < 4.78 is 5.35. The normalized spacial score (nSPS) is 20.0. The van der Waals surface area contributed by atoms with Gasteiger partial charge in [-0.1, -0.05) is 31.4 Å². The molecule has 1 aromatic rings. The number of rotatable bonds is 2. The maximum Gasteiger partial charge on any atom is 0.262 e. The molecule has 1 aromatic carbocycles. The summed E-state index contributed by atoms with van der Waals surface area (Å²) in [5.74, 6) is 0.373. The fourth-order valence-electron chi connectivity index (χ4n) is 2.98. The second-order valence-electron chi connectivity index (χ2n) is 5.76. The van der Waals surface area contributed by atoms with E-state index < -0.39 is 0 Å². The third kappa shape index (κ3) is 2.18. The molecule has 1 fully saturated rings. The predicted octanol–water partition coefficient (Wildman–Crippen LogP) is 3.43. The molecule has 5 heteroatoms. The zero-order valence-electron chi connectivity index (χ0n) is 11.3. The molecule has 0 aromatic heterocycles. The van der Waals surface area contributed by atoms with E-state index in [4.69, 9.17) is 16.3 Å². The molecule has 1 N–H and O–H groups in total. The summed E-state index contributed by atoms with van der Waals surface area (Å²) in [5, 5.41) is 3.05. The van der Waals surface area contributed by atoms with Crippen molar-refractivity contribution in [1.82, 2.24) is 0 Å². The Kier molecular flexibility index (Phi) is 3.21. The van der Waals surface area contributed by atoms with Gasteiger partial charge in [0, 0.05) is 11.0 Å². The lowest BCUT2D eigenvalue weighted by atomic mass is 9.80. The van der Waals surface area contributed by atoms with Crippen LogP contribution in [0.25, 0.3) is 0 Å². The SMILES string of the molecule is CC1(C(=O)c2cc3c(cc2Cl)NC(=O)CO3)CCCC1. The Morgan fingerprint density at radius 1 is 1.35 bits per heavy atom. The van der Waals surface area contributed by atoms with Crippen molar-refractivity contribution in [3.63, 3.8) is 0 Å². The van der Waals surface area contributed by atoms with Gasteiger partial charge in [0.2, 0.25) is 0 Å². The van der Waals surface area contributed by atoms with Gasteiger partial charge < -0.3 is 10.1 Å². The summed E-state index contributed by atoms with van der Waals surface area (Å²) in [7, 11) is 0. The molecule has 1 saturated carbocycles. The van der Waals surface area contributed by atoms with Crippen molar-refractivity contribution in [2.75, 3.05) is 11.9 Å². The molecule has 3 rings (SSSR count). The quantitative estimate of drug-likeness (QED) is 0.850. The third-order valence-electron chi connectivity index (χ3n) is 4.20. The van der Waals surface area contributed by atoms with Gasteiger partial charge in [0.05, 0.1) is 10.7 Å². The van der Waals surface area contributed by atoms with Crippen molar-refractivity contribution < 1.29 is 14.3 Å². The Bertz CT molecular complexity index is 591. The van der Waals surface area contributed by atoms with E-state index in [1.807, 2.05) is 6.92 Å². The maximum atomic E-state index is 12.7. The number of hydrogen-bond donors (Lipinski definition) is 1. The fraction of sp³-hybridized carbons (Fsp3) is 0.467. The summed E-state index contributed by atoms with van der Waals surface area (Å²) in [6, 6.07) is 3.25. The van der Waals surface area contributed by atoms with Crippen LogP contribution in [0.2, 0.25) is 5.02 Å². The van der Waals surface area contributed by atoms with E-state index in [2.05, 4.69) is 5.32 Å². The lowest BCUT2D eigenvalue weighted by Gasteiger charge is -2.24. The highest BCUT2D eigenvalue weighted by atomic mass is 35.5. The first-order chi connectivity index (χ1) is 9.49. The number of nitrogens with one attached hydrogen (secondary N) is 1. The van der Waals surface area contributed by atoms with Crippen molar-refractivity contribution in [3.8, 4) is 5.75 Å². The minimum Gasteiger partial charge on any atom is -0.482 e. The summed E-state index contributed by atoms with van der Waals surface area (Å²) in [6.07, 6.45) is 3.96. The Labute approximate surface area is 122 Å². The fourth-order valence-corrected chi connectivity index (χ4v) is 3.23. The van der Waals surface area contributed by atoms with Crippen LogP contribution in [0.5, 0.6) is 5.75 Å². The highest BCUT2D eigenvalue weighted by molar-refractivity contribution is 6.34.